The van der Waals surface area contributed by atoms with E-state index < -0.39 is 12.0 Å². The van der Waals surface area contributed by atoms with Gasteiger partial charge in [0.1, 0.15) is 6.04 Å². The zero-order valence-electron chi connectivity index (χ0n) is 13.9. The number of carbonyl (C=O) groups is 2. The molecule has 0 rings (SSSR count). The number of carbonyl (C=O) groups excluding carboxylic acids is 1. The van der Waals surface area contributed by atoms with Crippen LogP contribution < -0.4 is 11.1 Å². The van der Waals surface area contributed by atoms with Gasteiger partial charge in [0.25, 0.3) is 0 Å². The van der Waals surface area contributed by atoms with Gasteiger partial charge < -0.3 is 16.2 Å². The largest absolute Gasteiger partial charge is 0.480 e. The van der Waals surface area contributed by atoms with Crippen molar-refractivity contribution in [1.82, 2.24) is 5.32 Å². The highest BCUT2D eigenvalue weighted by molar-refractivity contribution is 5.75. The smallest absolute Gasteiger partial charge is 0.320 e. The van der Waals surface area contributed by atoms with Gasteiger partial charge >= 0.3 is 5.97 Å². The number of nitrogens with one attached hydrogen (secondary N) is 1. The van der Waals surface area contributed by atoms with Crippen LogP contribution in [0.2, 0.25) is 0 Å². The summed E-state index contributed by atoms with van der Waals surface area (Å²) < 4.78 is 0. The van der Waals surface area contributed by atoms with Crippen molar-refractivity contribution in [2.45, 2.75) is 77.2 Å². The molecular formula is C17H32N2O3. The van der Waals surface area contributed by atoms with Crippen LogP contribution in [0.5, 0.6) is 0 Å². The molecule has 4 N–H and O–H groups in total. The van der Waals surface area contributed by atoms with E-state index in [1.54, 1.807) is 0 Å². The summed E-state index contributed by atoms with van der Waals surface area (Å²) in [5.41, 5.74) is 5.40. The molecule has 0 saturated carbocycles. The number of amides is 1. The number of carboxylic acid groups (broad SMARTS) is 1. The highest BCUT2D eigenvalue weighted by atomic mass is 16.4. The summed E-state index contributed by atoms with van der Waals surface area (Å²) >= 11 is 0. The molecule has 0 aliphatic heterocycles. The summed E-state index contributed by atoms with van der Waals surface area (Å²) in [5.74, 6) is -0.913. The second-order valence-electron chi connectivity index (χ2n) is 5.65. The van der Waals surface area contributed by atoms with Crippen LogP contribution in [0.15, 0.2) is 12.2 Å². The van der Waals surface area contributed by atoms with Crippen LogP contribution in [0.4, 0.5) is 0 Å². The topological polar surface area (TPSA) is 92.4 Å². The maximum atomic E-state index is 11.6. The van der Waals surface area contributed by atoms with Crippen LogP contribution in [0.1, 0.15) is 71.1 Å². The number of aliphatic carboxylic acids is 1. The van der Waals surface area contributed by atoms with Crippen LogP contribution in [0.25, 0.3) is 0 Å². The van der Waals surface area contributed by atoms with Crippen LogP contribution in [0, 0.1) is 0 Å². The van der Waals surface area contributed by atoms with E-state index in [2.05, 4.69) is 24.4 Å². The summed E-state index contributed by atoms with van der Waals surface area (Å²) in [5, 5.41) is 11.5. The first kappa shape index (κ1) is 20.6. The SMILES string of the molecule is CCCCCC/C=C/CCC(=O)NCCCC[C@H](N)C(=O)O. The molecule has 0 spiro atoms. The van der Waals surface area contributed by atoms with Crippen LogP contribution in [-0.2, 0) is 9.59 Å². The number of hydrogen-bond donors (Lipinski definition) is 3. The van der Waals surface area contributed by atoms with Gasteiger partial charge in [-0.05, 0) is 38.5 Å². The Balaban J connectivity index is 3.39. The minimum absolute atomic E-state index is 0.0539. The maximum Gasteiger partial charge on any atom is 0.320 e. The van der Waals surface area contributed by atoms with E-state index in [0.29, 0.717) is 25.8 Å². The van der Waals surface area contributed by atoms with Crippen molar-refractivity contribution in [2.75, 3.05) is 6.54 Å². The standard InChI is InChI=1S/C17H32N2O3/c1-2-3-4-5-6-7-8-9-13-16(20)19-14-11-10-12-15(18)17(21)22/h7-8,15H,2-6,9-14,18H2,1H3,(H,19,20)(H,21,22)/b8-7+/t15-/m0/s1. The third-order valence-corrected chi connectivity index (χ3v) is 3.51. The van der Waals surface area contributed by atoms with Crippen molar-refractivity contribution in [3.8, 4) is 0 Å². The lowest BCUT2D eigenvalue weighted by atomic mass is 10.1. The fourth-order valence-corrected chi connectivity index (χ4v) is 2.07. The minimum Gasteiger partial charge on any atom is -0.480 e. The Bertz CT molecular complexity index is 330. The molecule has 5 heteroatoms. The molecule has 1 amide bonds. The van der Waals surface area contributed by atoms with E-state index in [1.807, 2.05) is 0 Å². The van der Waals surface area contributed by atoms with Gasteiger partial charge in [-0.15, -0.1) is 0 Å². The molecule has 5 nitrogen and oxygen atoms in total. The number of allylic oxidation sites excluding steroid dienone is 2. The number of hydrogen-bond acceptors (Lipinski definition) is 3. The summed E-state index contributed by atoms with van der Waals surface area (Å²) in [6.45, 7) is 2.79. The predicted octanol–water partition coefficient (Wildman–Crippen LogP) is 2.99. The summed E-state index contributed by atoms with van der Waals surface area (Å²) in [7, 11) is 0. The monoisotopic (exact) mass is 312 g/mol. The Labute approximate surface area is 134 Å². The zero-order valence-corrected chi connectivity index (χ0v) is 13.9. The Morgan fingerprint density at radius 3 is 2.50 bits per heavy atom. The molecule has 1 atom stereocenters. The summed E-state index contributed by atoms with van der Waals surface area (Å²) in [6.07, 6.45) is 13.6. The van der Waals surface area contributed by atoms with Crippen molar-refractivity contribution in [3.63, 3.8) is 0 Å². The predicted molar refractivity (Wildman–Crippen MR) is 89.6 cm³/mol. The molecule has 0 heterocycles. The second-order valence-corrected chi connectivity index (χ2v) is 5.65. The lowest BCUT2D eigenvalue weighted by Crippen LogP contribution is -2.30. The van der Waals surface area contributed by atoms with Gasteiger partial charge in [-0.1, -0.05) is 38.3 Å². The highest BCUT2D eigenvalue weighted by Gasteiger charge is 2.09. The van der Waals surface area contributed by atoms with Crippen molar-refractivity contribution in [3.05, 3.63) is 12.2 Å². The maximum absolute atomic E-state index is 11.6. The molecule has 0 saturated heterocycles. The van der Waals surface area contributed by atoms with Gasteiger partial charge in [0.2, 0.25) is 5.91 Å². The molecule has 0 aliphatic carbocycles. The van der Waals surface area contributed by atoms with Crippen LogP contribution in [-0.4, -0.2) is 29.6 Å². The van der Waals surface area contributed by atoms with E-state index in [1.165, 1.54) is 25.7 Å². The number of rotatable bonds is 14. The number of nitrogens with two attached hydrogens (primary N) is 1. The first-order valence-corrected chi connectivity index (χ1v) is 8.48. The Morgan fingerprint density at radius 1 is 1.09 bits per heavy atom. The third-order valence-electron chi connectivity index (χ3n) is 3.51. The van der Waals surface area contributed by atoms with E-state index in [4.69, 9.17) is 10.8 Å². The highest BCUT2D eigenvalue weighted by Crippen LogP contribution is 2.04. The minimum atomic E-state index is -0.967. The first-order valence-electron chi connectivity index (χ1n) is 8.48. The van der Waals surface area contributed by atoms with Crippen molar-refractivity contribution >= 4 is 11.9 Å². The molecule has 0 unspecified atom stereocenters. The number of carboxylic acids is 1. The lowest BCUT2D eigenvalue weighted by molar-refractivity contribution is -0.138. The van der Waals surface area contributed by atoms with Gasteiger partial charge in [-0.2, -0.15) is 0 Å². The average Bonchev–Trinajstić information content (AvgIpc) is 2.49. The van der Waals surface area contributed by atoms with E-state index in [-0.39, 0.29) is 5.91 Å². The molecule has 0 aromatic carbocycles. The van der Waals surface area contributed by atoms with Crippen LogP contribution in [0.3, 0.4) is 0 Å². The second kappa shape index (κ2) is 14.6. The van der Waals surface area contributed by atoms with Gasteiger partial charge in [0.05, 0.1) is 0 Å². The average molecular weight is 312 g/mol. The molecular weight excluding hydrogens is 280 g/mol. The summed E-state index contributed by atoms with van der Waals surface area (Å²) in [4.78, 5) is 22.1. The normalized spacial score (nSPS) is 12.5. The van der Waals surface area contributed by atoms with Gasteiger partial charge in [0.15, 0.2) is 0 Å². The fourth-order valence-electron chi connectivity index (χ4n) is 2.07. The van der Waals surface area contributed by atoms with Gasteiger partial charge in [-0.25, -0.2) is 0 Å². The lowest BCUT2D eigenvalue weighted by Gasteiger charge is -2.06. The first-order chi connectivity index (χ1) is 10.6. The van der Waals surface area contributed by atoms with Crippen molar-refractivity contribution < 1.29 is 14.7 Å². The fraction of sp³-hybridized carbons (Fsp3) is 0.765. The van der Waals surface area contributed by atoms with Crippen molar-refractivity contribution in [1.29, 1.82) is 0 Å². The Morgan fingerprint density at radius 2 is 1.82 bits per heavy atom. The van der Waals surface area contributed by atoms with E-state index in [0.717, 1.165) is 19.3 Å². The van der Waals surface area contributed by atoms with Gasteiger partial charge in [-0.3, -0.25) is 9.59 Å². The molecule has 0 radical (unpaired) electrons. The number of unbranched alkanes of at least 4 members (excludes halogenated alkanes) is 5. The van der Waals surface area contributed by atoms with Crippen LogP contribution >= 0.6 is 0 Å². The molecule has 0 fully saturated rings. The Hall–Kier alpha value is -1.36. The molecule has 0 aromatic heterocycles. The third kappa shape index (κ3) is 13.6. The molecule has 128 valence electrons. The molecule has 22 heavy (non-hydrogen) atoms. The van der Waals surface area contributed by atoms with E-state index >= 15 is 0 Å². The Kier molecular flexibility index (Phi) is 13.7. The van der Waals surface area contributed by atoms with Gasteiger partial charge in [0, 0.05) is 13.0 Å². The van der Waals surface area contributed by atoms with E-state index in [9.17, 15) is 9.59 Å². The zero-order chi connectivity index (χ0) is 16.6. The summed E-state index contributed by atoms with van der Waals surface area (Å²) in [6, 6.07) is -0.793. The van der Waals surface area contributed by atoms with Crippen molar-refractivity contribution in [2.24, 2.45) is 5.73 Å². The molecule has 0 aromatic rings. The quantitative estimate of drug-likeness (QED) is 0.339. The molecule has 0 bridgehead atoms. The molecule has 0 aliphatic rings.